The largest absolute Gasteiger partial charge is 0.372 e. The lowest BCUT2D eigenvalue weighted by Crippen LogP contribution is -2.51. The summed E-state index contributed by atoms with van der Waals surface area (Å²) < 4.78 is 0. The van der Waals surface area contributed by atoms with E-state index in [0.29, 0.717) is 0 Å². The highest BCUT2D eigenvalue weighted by atomic mass is 16.1. The van der Waals surface area contributed by atoms with Crippen LogP contribution in [0.1, 0.15) is 56.4 Å². The van der Waals surface area contributed by atoms with Crippen LogP contribution in [0, 0.1) is 0 Å². The van der Waals surface area contributed by atoms with Gasteiger partial charge in [0.05, 0.1) is 0 Å². The van der Waals surface area contributed by atoms with Gasteiger partial charge < -0.3 is 9.80 Å². The van der Waals surface area contributed by atoms with Crippen LogP contribution >= 0.6 is 0 Å². The van der Waals surface area contributed by atoms with Gasteiger partial charge >= 0.3 is 0 Å². The van der Waals surface area contributed by atoms with Crippen molar-refractivity contribution in [3.8, 4) is 0 Å². The molecule has 1 amide bonds. The van der Waals surface area contributed by atoms with Gasteiger partial charge in [0.2, 0.25) is 6.41 Å². The molecule has 2 aliphatic heterocycles. The normalized spacial score (nSPS) is 24.0. The molecule has 0 spiro atoms. The van der Waals surface area contributed by atoms with Gasteiger partial charge in [0.15, 0.2) is 0 Å². The number of carbonyl (C=O) groups excluding carboxylic acids is 1. The molecule has 0 N–H and O–H groups in total. The summed E-state index contributed by atoms with van der Waals surface area (Å²) in [6, 6.07) is 10.1. The SMILES string of the molecule is O=CN1CCN(C2CCC2)CC1.c1cc(N2CCCC2)ccc1C1CC1. The summed E-state index contributed by atoms with van der Waals surface area (Å²) in [4.78, 5) is 17.3. The van der Waals surface area contributed by atoms with Crippen molar-refractivity contribution < 1.29 is 4.79 Å². The van der Waals surface area contributed by atoms with E-state index in [-0.39, 0.29) is 0 Å². The minimum atomic E-state index is 0.846. The summed E-state index contributed by atoms with van der Waals surface area (Å²) in [6.07, 6.45) is 10.7. The minimum absolute atomic E-state index is 0.846. The number of hydrogen-bond donors (Lipinski definition) is 0. The summed E-state index contributed by atoms with van der Waals surface area (Å²) in [5, 5.41) is 0. The van der Waals surface area contributed by atoms with E-state index in [1.54, 1.807) is 5.56 Å². The molecule has 4 fully saturated rings. The van der Waals surface area contributed by atoms with E-state index in [4.69, 9.17) is 0 Å². The van der Waals surface area contributed by atoms with Gasteiger partial charge in [0, 0.05) is 51.0 Å². The Bertz CT molecular complexity index is 566. The van der Waals surface area contributed by atoms with E-state index in [1.807, 2.05) is 4.90 Å². The third-order valence-corrected chi connectivity index (χ3v) is 6.50. The summed E-state index contributed by atoms with van der Waals surface area (Å²) in [7, 11) is 0. The zero-order valence-electron chi connectivity index (χ0n) is 16.0. The fourth-order valence-corrected chi connectivity index (χ4v) is 4.31. The van der Waals surface area contributed by atoms with Crippen molar-refractivity contribution in [1.29, 1.82) is 0 Å². The van der Waals surface area contributed by atoms with Crippen LogP contribution in [0.3, 0.4) is 0 Å². The Kier molecular flexibility index (Phi) is 5.78. The summed E-state index contributed by atoms with van der Waals surface area (Å²) >= 11 is 0. The molecule has 2 saturated carbocycles. The monoisotopic (exact) mass is 355 g/mol. The van der Waals surface area contributed by atoms with E-state index in [2.05, 4.69) is 34.1 Å². The van der Waals surface area contributed by atoms with Crippen LogP contribution in [0.15, 0.2) is 24.3 Å². The third-order valence-electron chi connectivity index (χ3n) is 6.50. The highest BCUT2D eigenvalue weighted by Crippen LogP contribution is 2.40. The smallest absolute Gasteiger partial charge is 0.209 e. The molecule has 0 radical (unpaired) electrons. The second-order valence-electron chi connectivity index (χ2n) is 8.32. The summed E-state index contributed by atoms with van der Waals surface area (Å²) in [6.45, 7) is 6.54. The Morgan fingerprint density at radius 2 is 1.42 bits per heavy atom. The van der Waals surface area contributed by atoms with E-state index >= 15 is 0 Å². The van der Waals surface area contributed by atoms with E-state index < -0.39 is 0 Å². The Balaban J connectivity index is 0.000000131. The molecular formula is C22H33N3O. The molecule has 26 heavy (non-hydrogen) atoms. The van der Waals surface area contributed by atoms with Crippen LogP contribution < -0.4 is 4.90 Å². The first kappa shape index (κ1) is 17.8. The molecule has 2 saturated heterocycles. The fraction of sp³-hybridized carbons (Fsp3) is 0.682. The van der Waals surface area contributed by atoms with Crippen molar-refractivity contribution in [3.05, 3.63) is 29.8 Å². The summed E-state index contributed by atoms with van der Waals surface area (Å²) in [5.41, 5.74) is 2.97. The van der Waals surface area contributed by atoms with Crippen molar-refractivity contribution >= 4 is 12.1 Å². The van der Waals surface area contributed by atoms with Crippen molar-refractivity contribution in [3.63, 3.8) is 0 Å². The second kappa shape index (κ2) is 8.43. The second-order valence-corrected chi connectivity index (χ2v) is 8.32. The van der Waals surface area contributed by atoms with Gasteiger partial charge in [0.25, 0.3) is 0 Å². The molecular weight excluding hydrogens is 322 g/mol. The number of rotatable bonds is 4. The van der Waals surface area contributed by atoms with Crippen LogP contribution in [0.4, 0.5) is 5.69 Å². The van der Waals surface area contributed by atoms with Crippen LogP contribution in [0.5, 0.6) is 0 Å². The van der Waals surface area contributed by atoms with Crippen LogP contribution in [-0.4, -0.2) is 61.5 Å². The van der Waals surface area contributed by atoms with E-state index in [1.165, 1.54) is 63.7 Å². The van der Waals surface area contributed by atoms with Gasteiger partial charge in [-0.15, -0.1) is 0 Å². The molecule has 1 aromatic carbocycles. The predicted octanol–water partition coefficient (Wildman–Crippen LogP) is 3.48. The zero-order chi connectivity index (χ0) is 17.8. The lowest BCUT2D eigenvalue weighted by atomic mass is 9.91. The van der Waals surface area contributed by atoms with E-state index in [0.717, 1.165) is 44.5 Å². The van der Waals surface area contributed by atoms with Crippen LogP contribution in [-0.2, 0) is 4.79 Å². The zero-order valence-corrected chi connectivity index (χ0v) is 16.0. The Morgan fingerprint density at radius 3 is 1.92 bits per heavy atom. The van der Waals surface area contributed by atoms with Crippen LogP contribution in [0.2, 0.25) is 0 Å². The maximum Gasteiger partial charge on any atom is 0.209 e. The highest BCUT2D eigenvalue weighted by Gasteiger charge is 2.27. The number of benzene rings is 1. The van der Waals surface area contributed by atoms with Crippen LogP contribution in [0.25, 0.3) is 0 Å². The molecule has 1 aromatic rings. The lowest BCUT2D eigenvalue weighted by molar-refractivity contribution is -0.120. The number of piperazine rings is 1. The number of carbonyl (C=O) groups is 1. The Hall–Kier alpha value is -1.55. The first-order valence-electron chi connectivity index (χ1n) is 10.6. The van der Waals surface area contributed by atoms with Gasteiger partial charge in [-0.05, 0) is 62.1 Å². The van der Waals surface area contributed by atoms with Gasteiger partial charge in [-0.2, -0.15) is 0 Å². The Labute approximate surface area is 158 Å². The molecule has 2 heterocycles. The predicted molar refractivity (Wildman–Crippen MR) is 107 cm³/mol. The number of nitrogens with zero attached hydrogens (tertiary/aromatic N) is 3. The first-order chi connectivity index (χ1) is 12.8. The maximum atomic E-state index is 10.4. The van der Waals surface area contributed by atoms with Gasteiger partial charge in [-0.25, -0.2) is 0 Å². The van der Waals surface area contributed by atoms with Gasteiger partial charge in [-0.1, -0.05) is 18.6 Å². The minimum Gasteiger partial charge on any atom is -0.372 e. The molecule has 4 heteroatoms. The maximum absolute atomic E-state index is 10.4. The molecule has 4 nitrogen and oxygen atoms in total. The number of anilines is 1. The molecule has 0 atom stereocenters. The van der Waals surface area contributed by atoms with E-state index in [9.17, 15) is 4.79 Å². The molecule has 142 valence electrons. The third kappa shape index (κ3) is 4.40. The van der Waals surface area contributed by atoms with Crippen molar-refractivity contribution in [2.24, 2.45) is 0 Å². The van der Waals surface area contributed by atoms with Crippen molar-refractivity contribution in [2.75, 3.05) is 44.2 Å². The quantitative estimate of drug-likeness (QED) is 0.774. The average Bonchev–Trinajstić information content (AvgIpc) is 3.36. The molecule has 0 bridgehead atoms. The highest BCUT2D eigenvalue weighted by molar-refractivity contribution is 5.49. The average molecular weight is 356 g/mol. The number of hydrogen-bond acceptors (Lipinski definition) is 3. The standard InChI is InChI=1S/C13H17N.C9H16N2O/c1-2-10-14(9-1)13-7-5-12(6-8-13)11-3-4-11;12-8-10-4-6-11(7-5-10)9-2-1-3-9/h5-8,11H,1-4,9-10H2;8-9H,1-7H2. The van der Waals surface area contributed by atoms with Crippen molar-refractivity contribution in [1.82, 2.24) is 9.80 Å². The topological polar surface area (TPSA) is 26.8 Å². The summed E-state index contributed by atoms with van der Waals surface area (Å²) in [5.74, 6) is 0.891. The van der Waals surface area contributed by atoms with Gasteiger partial charge in [0.1, 0.15) is 0 Å². The first-order valence-corrected chi connectivity index (χ1v) is 10.6. The molecule has 4 aliphatic rings. The van der Waals surface area contributed by atoms with Gasteiger partial charge in [-0.3, -0.25) is 9.69 Å². The molecule has 0 aromatic heterocycles. The molecule has 2 aliphatic carbocycles. The molecule has 5 rings (SSSR count). The fourth-order valence-electron chi connectivity index (χ4n) is 4.31. The Morgan fingerprint density at radius 1 is 0.769 bits per heavy atom. The van der Waals surface area contributed by atoms with Crippen molar-refractivity contribution in [2.45, 2.75) is 56.9 Å². The molecule has 0 unspecified atom stereocenters. The number of amides is 1. The lowest BCUT2D eigenvalue weighted by Gasteiger charge is -2.42.